The molecule has 0 bridgehead atoms. The van der Waals surface area contributed by atoms with Gasteiger partial charge in [0.15, 0.2) is 22.7 Å². The van der Waals surface area contributed by atoms with Crippen LogP contribution in [0.4, 0.5) is 11.4 Å². The van der Waals surface area contributed by atoms with Crippen LogP contribution in [0.2, 0.25) is 0 Å². The summed E-state index contributed by atoms with van der Waals surface area (Å²) >= 11 is 3.59. The molecule has 11 rings (SSSR count). The SMILES string of the molecule is CC1(C)OB(B2OC(C)(C)C(C)(C)O2)OC1(C)C.[C-]#[N+]c1cc2c(B3OC(C)(C)C(C)(C)O3)cn(-c3ccn4cnnc4c3)c2cc1C.[C-]#[N+]c1cc2c(Br)cn(-c3ccn4cnnc4c3)c2cc1C. The lowest BCUT2D eigenvalue weighted by molar-refractivity contribution is 0.00578. The lowest BCUT2D eigenvalue weighted by Crippen LogP contribution is -2.41. The van der Waals surface area contributed by atoms with E-state index >= 15 is 0 Å². The van der Waals surface area contributed by atoms with Crippen LogP contribution in [-0.2, 0) is 27.9 Å². The van der Waals surface area contributed by atoms with Crippen LogP contribution in [0.3, 0.4) is 0 Å². The second-order valence-corrected chi connectivity index (χ2v) is 22.0. The first kappa shape index (κ1) is 49.2. The molecule has 358 valence electrons. The zero-order valence-electron chi connectivity index (χ0n) is 42.1. The summed E-state index contributed by atoms with van der Waals surface area (Å²) in [6, 6.07) is 15.9. The standard InChI is InChI=1S/C22H22BN5O2.C16H10BrN5.C12H24B2O4/c1-14-9-19-16(11-18(14)24-6)17(23-29-21(2,3)22(4,5)30-23)12-28(19)15-7-8-27-13-25-26-20(27)10-15;1-10-5-15-12(7-14(10)18-2)13(17)8-22(15)11-3-4-21-9-19-20-16(21)6-11;1-9(2)10(3,4)16-13(15-9)14-17-11(5,6)12(7,8)18-14/h7-13H,1-5H3;3-9H,1H3;1-8H3. The summed E-state index contributed by atoms with van der Waals surface area (Å²) in [6.07, 6.45) is 11.3. The summed E-state index contributed by atoms with van der Waals surface area (Å²) < 4.78 is 45.4. The predicted octanol–water partition coefficient (Wildman–Crippen LogP) is 10.4. The van der Waals surface area contributed by atoms with Gasteiger partial charge in [-0.3, -0.25) is 8.80 Å². The van der Waals surface area contributed by atoms with Gasteiger partial charge in [0.25, 0.3) is 0 Å². The average molecular weight is 1010 g/mol. The topological polar surface area (TPSA) is 134 Å². The van der Waals surface area contributed by atoms with Crippen LogP contribution in [0.1, 0.15) is 94.2 Å². The van der Waals surface area contributed by atoms with Gasteiger partial charge in [0.1, 0.15) is 12.7 Å². The number of aromatic nitrogens is 8. The molecule has 0 atom stereocenters. The fraction of sp³-hybridized carbons (Fsp3) is 0.400. The lowest BCUT2D eigenvalue weighted by Gasteiger charge is -2.32. The van der Waals surface area contributed by atoms with Crippen LogP contribution in [0.25, 0.3) is 54.2 Å². The highest BCUT2D eigenvalue weighted by atomic mass is 79.9. The minimum absolute atomic E-state index is 0.360. The van der Waals surface area contributed by atoms with Crippen molar-refractivity contribution in [2.45, 2.75) is 131 Å². The summed E-state index contributed by atoms with van der Waals surface area (Å²) in [7, 11) is -1.47. The van der Waals surface area contributed by atoms with Gasteiger partial charge in [-0.1, -0.05) is 0 Å². The van der Waals surface area contributed by atoms with E-state index in [1.165, 1.54) is 0 Å². The molecule has 0 unspecified atom stereocenters. The van der Waals surface area contributed by atoms with Gasteiger partial charge in [-0.15, -0.1) is 20.4 Å². The quantitative estimate of drug-likeness (QED) is 0.124. The number of halogens is 1. The summed E-state index contributed by atoms with van der Waals surface area (Å²) in [6.45, 7) is 43.1. The molecule has 0 aliphatic carbocycles. The molecule has 0 saturated carbocycles. The molecule has 8 aromatic rings. The first-order valence-electron chi connectivity index (χ1n) is 23.1. The van der Waals surface area contributed by atoms with E-state index in [-0.39, 0.29) is 22.4 Å². The number of fused-ring (bicyclic) bond motifs is 4. The molecule has 3 aliphatic heterocycles. The summed E-state index contributed by atoms with van der Waals surface area (Å²) in [5, 5.41) is 18.1. The third kappa shape index (κ3) is 8.53. The number of rotatable bonds is 4. The first-order valence-corrected chi connectivity index (χ1v) is 23.9. The van der Waals surface area contributed by atoms with E-state index < -0.39 is 32.3 Å². The number of hydrogen-bond donors (Lipinski definition) is 0. The Morgan fingerprint density at radius 3 is 1.34 bits per heavy atom. The fourth-order valence-electron chi connectivity index (χ4n) is 8.45. The van der Waals surface area contributed by atoms with E-state index in [1.807, 2.05) is 179 Å². The first-order chi connectivity index (χ1) is 32.7. The second kappa shape index (κ2) is 17.2. The van der Waals surface area contributed by atoms with Gasteiger partial charge in [-0.2, -0.15) is 0 Å². The highest BCUT2D eigenvalue weighted by Gasteiger charge is 2.63. The van der Waals surface area contributed by atoms with Crippen LogP contribution in [0, 0.1) is 27.0 Å². The van der Waals surface area contributed by atoms with Crippen molar-refractivity contribution in [2.75, 3.05) is 0 Å². The maximum atomic E-state index is 7.55. The van der Waals surface area contributed by atoms with Gasteiger partial charge >= 0.3 is 21.1 Å². The predicted molar refractivity (Wildman–Crippen MR) is 277 cm³/mol. The Bertz CT molecular complexity index is 3350. The van der Waals surface area contributed by atoms with Crippen molar-refractivity contribution in [3.05, 3.63) is 124 Å². The molecule has 3 aliphatic rings. The summed E-state index contributed by atoms with van der Waals surface area (Å²) in [5.74, 6) is 0. The summed E-state index contributed by atoms with van der Waals surface area (Å²) in [4.78, 5) is 7.27. The van der Waals surface area contributed by atoms with Crippen LogP contribution >= 0.6 is 15.9 Å². The van der Waals surface area contributed by atoms with Crippen molar-refractivity contribution in [1.82, 2.24) is 38.3 Å². The van der Waals surface area contributed by atoms with E-state index in [9.17, 15) is 0 Å². The molecule has 0 N–H and O–H groups in total. The smallest absolute Gasteiger partial charge is 0.405 e. The number of pyridine rings is 2. The molecule has 70 heavy (non-hydrogen) atoms. The molecule has 2 aromatic carbocycles. The fourth-order valence-corrected chi connectivity index (χ4v) is 8.98. The van der Waals surface area contributed by atoms with Crippen molar-refractivity contribution in [3.8, 4) is 11.4 Å². The van der Waals surface area contributed by atoms with E-state index in [4.69, 9.17) is 41.1 Å². The molecule has 6 aromatic heterocycles. The molecular weight excluding hydrogens is 949 g/mol. The van der Waals surface area contributed by atoms with Crippen molar-refractivity contribution >= 4 is 87.0 Å². The van der Waals surface area contributed by atoms with Crippen LogP contribution < -0.4 is 5.46 Å². The van der Waals surface area contributed by atoms with Crippen molar-refractivity contribution < 1.29 is 27.9 Å². The Kier molecular flexibility index (Phi) is 12.1. The minimum atomic E-state index is -0.517. The van der Waals surface area contributed by atoms with E-state index in [0.29, 0.717) is 11.4 Å². The van der Waals surface area contributed by atoms with Crippen molar-refractivity contribution in [3.63, 3.8) is 0 Å². The van der Waals surface area contributed by atoms with E-state index in [0.717, 1.165) is 65.5 Å². The normalized spacial score (nSPS) is 19.3. The molecule has 3 fully saturated rings. The largest absolute Gasteiger partial charge is 0.497 e. The van der Waals surface area contributed by atoms with Crippen LogP contribution in [-0.4, -0.2) is 93.1 Å². The molecule has 9 heterocycles. The van der Waals surface area contributed by atoms with Gasteiger partial charge in [0, 0.05) is 52.2 Å². The Balaban J connectivity index is 0.000000135. The molecule has 0 radical (unpaired) electrons. The monoisotopic (exact) mass is 1000 g/mol. The molecule has 0 spiro atoms. The van der Waals surface area contributed by atoms with Gasteiger partial charge < -0.3 is 37.1 Å². The zero-order chi connectivity index (χ0) is 50.5. The molecule has 20 heteroatoms. The molecule has 3 saturated heterocycles. The minimum Gasteiger partial charge on any atom is -0.405 e. The summed E-state index contributed by atoms with van der Waals surface area (Å²) in [5.41, 5.74) is 7.37. The maximum Gasteiger partial charge on any atom is 0.497 e. The Labute approximate surface area is 417 Å². The highest BCUT2D eigenvalue weighted by molar-refractivity contribution is 9.10. The van der Waals surface area contributed by atoms with Crippen LogP contribution in [0.15, 0.2) is 90.4 Å². The van der Waals surface area contributed by atoms with Crippen LogP contribution in [0.5, 0.6) is 0 Å². The third-order valence-electron chi connectivity index (χ3n) is 14.9. The highest BCUT2D eigenvalue weighted by Crippen LogP contribution is 2.43. The Morgan fingerprint density at radius 2 is 0.914 bits per heavy atom. The van der Waals surface area contributed by atoms with Crippen molar-refractivity contribution in [1.29, 1.82) is 0 Å². The van der Waals surface area contributed by atoms with Crippen molar-refractivity contribution in [2.24, 2.45) is 0 Å². The second-order valence-electron chi connectivity index (χ2n) is 21.1. The molecular formula is C50H56B3BrN10O6. The van der Waals surface area contributed by atoms with Gasteiger partial charge in [-0.05, 0) is 166 Å². The Hall–Kier alpha value is -5.83. The average Bonchev–Trinajstić information content (AvgIpc) is 4.15. The number of nitrogens with zero attached hydrogens (tertiary/aromatic N) is 10. The molecule has 0 amide bonds. The van der Waals surface area contributed by atoms with E-state index in [2.05, 4.69) is 55.1 Å². The van der Waals surface area contributed by atoms with Gasteiger partial charge in [-0.25, -0.2) is 9.69 Å². The third-order valence-corrected chi connectivity index (χ3v) is 15.5. The Morgan fingerprint density at radius 1 is 0.529 bits per heavy atom. The number of benzene rings is 2. The van der Waals surface area contributed by atoms with Gasteiger partial charge in [0.2, 0.25) is 0 Å². The number of aryl methyl sites for hydroxylation is 2. The van der Waals surface area contributed by atoms with Gasteiger partial charge in [0.05, 0.1) is 69.2 Å². The zero-order valence-corrected chi connectivity index (χ0v) is 43.7. The lowest BCUT2D eigenvalue weighted by atomic mass is 9.49. The molecule has 16 nitrogen and oxygen atoms in total. The van der Waals surface area contributed by atoms with E-state index in [1.54, 1.807) is 12.7 Å². The maximum absolute atomic E-state index is 7.55. The number of hydrogen-bond acceptors (Lipinski definition) is 10.